The minimum Gasteiger partial charge on any atom is -0.455 e. The molecule has 3 aliphatic rings. The smallest absolute Gasteiger partial charge is 0.313 e. The van der Waals surface area contributed by atoms with Crippen molar-refractivity contribution in [3.63, 3.8) is 0 Å². The molecule has 4 rings (SSSR count). The predicted molar refractivity (Wildman–Crippen MR) is 179 cm³/mol. The van der Waals surface area contributed by atoms with Crippen molar-refractivity contribution in [1.29, 1.82) is 0 Å². The van der Waals surface area contributed by atoms with Crippen LogP contribution in [0.3, 0.4) is 0 Å². The largest absolute Gasteiger partial charge is 0.455 e. The third kappa shape index (κ3) is 6.90. The maximum Gasteiger partial charge on any atom is 0.313 e. The summed E-state index contributed by atoms with van der Waals surface area (Å²) in [6, 6.07) is 6.95. The zero-order valence-electron chi connectivity index (χ0n) is 28.8. The first-order valence-electron chi connectivity index (χ1n) is 17.0. The number of esters is 1. The average Bonchev–Trinajstić information content (AvgIpc) is 3.70. The van der Waals surface area contributed by atoms with E-state index < -0.39 is 53.7 Å². The second-order valence-electron chi connectivity index (χ2n) is 14.0. The molecule has 10 nitrogen and oxygen atoms in total. The number of likely N-dealkylation sites (N-methyl/N-ethyl adjacent to an activating group) is 1. The van der Waals surface area contributed by atoms with Gasteiger partial charge in [0.05, 0.1) is 36.6 Å². The van der Waals surface area contributed by atoms with Crippen LogP contribution in [0, 0.1) is 17.8 Å². The van der Waals surface area contributed by atoms with Gasteiger partial charge >= 0.3 is 5.97 Å². The zero-order valence-corrected chi connectivity index (χ0v) is 28.8. The van der Waals surface area contributed by atoms with Gasteiger partial charge in [-0.25, -0.2) is 0 Å². The van der Waals surface area contributed by atoms with Crippen LogP contribution in [0.4, 0.5) is 0 Å². The summed E-state index contributed by atoms with van der Waals surface area (Å²) < 4.78 is 13.0. The summed E-state index contributed by atoms with van der Waals surface area (Å²) in [4.78, 5) is 61.2. The molecule has 258 valence electrons. The van der Waals surface area contributed by atoms with Gasteiger partial charge < -0.3 is 29.3 Å². The number of aliphatic hydroxyl groups is 1. The number of carbonyl (C=O) groups excluding carboxylic acids is 4. The normalized spacial score (nSPS) is 26.6. The molecule has 3 fully saturated rings. The van der Waals surface area contributed by atoms with Crippen molar-refractivity contribution in [3.8, 4) is 0 Å². The van der Waals surface area contributed by atoms with Crippen LogP contribution in [0.15, 0.2) is 55.6 Å². The summed E-state index contributed by atoms with van der Waals surface area (Å²) in [7, 11) is 1.69. The molecular formula is C37H53N3O7. The van der Waals surface area contributed by atoms with Gasteiger partial charge in [-0.1, -0.05) is 56.3 Å². The second-order valence-corrected chi connectivity index (χ2v) is 14.0. The monoisotopic (exact) mass is 651 g/mol. The topological polar surface area (TPSA) is 117 Å². The van der Waals surface area contributed by atoms with Crippen LogP contribution in [-0.4, -0.2) is 99.6 Å². The third-order valence-corrected chi connectivity index (χ3v) is 10.2. The maximum absolute atomic E-state index is 14.6. The fourth-order valence-corrected chi connectivity index (χ4v) is 7.83. The molecule has 1 aromatic rings. The van der Waals surface area contributed by atoms with Crippen LogP contribution in [0.1, 0.15) is 78.4 Å². The Hall–Kier alpha value is -3.50. The summed E-state index contributed by atoms with van der Waals surface area (Å²) in [5.41, 5.74) is -0.510. The first-order valence-corrected chi connectivity index (χ1v) is 17.0. The lowest BCUT2D eigenvalue weighted by molar-refractivity contribution is -0.165. The quantitative estimate of drug-likeness (QED) is 0.210. The van der Waals surface area contributed by atoms with Gasteiger partial charge in [0.15, 0.2) is 0 Å². The van der Waals surface area contributed by atoms with E-state index in [1.807, 2.05) is 65.0 Å². The summed E-state index contributed by atoms with van der Waals surface area (Å²) in [6.45, 7) is 17.2. The molecule has 1 aromatic carbocycles. The van der Waals surface area contributed by atoms with E-state index >= 15 is 0 Å². The third-order valence-electron chi connectivity index (χ3n) is 10.2. The summed E-state index contributed by atoms with van der Waals surface area (Å²) >= 11 is 0. The van der Waals surface area contributed by atoms with Crippen molar-refractivity contribution in [2.45, 2.75) is 109 Å². The summed E-state index contributed by atoms with van der Waals surface area (Å²) in [6.07, 6.45) is 4.16. The number of hydrogen-bond donors (Lipinski definition) is 1. The lowest BCUT2D eigenvalue weighted by Gasteiger charge is -2.40. The molecule has 3 aliphatic heterocycles. The van der Waals surface area contributed by atoms with E-state index in [-0.39, 0.29) is 49.3 Å². The number of benzene rings is 1. The maximum atomic E-state index is 14.6. The molecule has 8 atom stereocenters. The van der Waals surface area contributed by atoms with E-state index in [4.69, 9.17) is 9.47 Å². The number of amides is 3. The Morgan fingerprint density at radius 2 is 1.81 bits per heavy atom. The lowest BCUT2D eigenvalue weighted by atomic mass is 9.70. The van der Waals surface area contributed by atoms with Crippen LogP contribution in [0.2, 0.25) is 0 Å². The van der Waals surface area contributed by atoms with Gasteiger partial charge in [-0.3, -0.25) is 19.2 Å². The molecule has 0 aliphatic carbocycles. The number of hydrogen-bond acceptors (Lipinski definition) is 7. The standard InChI is InChI=1S/C37H53N3O7/c1-9-11-17-29(42)38(8)25(7)32(26-15-13-12-14-16-26)46-36(45)30-28-18-19-37(47-28)31(30)34(43)40(27(22-41)21-23(3)4)33(37)35(44)39(20-10-2)24(5)6/h9-10,12-16,23-25,27-28,30-33,41H,1-2,11,17-22H2,3-8H3/t25-,27-,28-,30+,31+,32+,33-,37+/m1/s1. The van der Waals surface area contributed by atoms with Crippen LogP contribution < -0.4 is 0 Å². The minimum absolute atomic E-state index is 0.103. The van der Waals surface area contributed by atoms with E-state index in [9.17, 15) is 24.3 Å². The molecule has 0 unspecified atom stereocenters. The van der Waals surface area contributed by atoms with Crippen molar-refractivity contribution in [2.24, 2.45) is 17.8 Å². The van der Waals surface area contributed by atoms with Crippen LogP contribution in [0.25, 0.3) is 0 Å². The van der Waals surface area contributed by atoms with Crippen molar-refractivity contribution in [1.82, 2.24) is 14.7 Å². The predicted octanol–water partition coefficient (Wildman–Crippen LogP) is 4.29. The van der Waals surface area contributed by atoms with Crippen LogP contribution >= 0.6 is 0 Å². The van der Waals surface area contributed by atoms with E-state index in [2.05, 4.69) is 13.2 Å². The molecule has 3 heterocycles. The van der Waals surface area contributed by atoms with Gasteiger partial charge in [0.2, 0.25) is 17.7 Å². The molecule has 1 spiro atoms. The van der Waals surface area contributed by atoms with Gasteiger partial charge in [0, 0.05) is 26.1 Å². The second kappa shape index (κ2) is 15.2. The lowest BCUT2D eigenvalue weighted by Crippen LogP contribution is -2.59. The van der Waals surface area contributed by atoms with Crippen molar-refractivity contribution >= 4 is 23.7 Å². The Morgan fingerprint density at radius 1 is 1.13 bits per heavy atom. The van der Waals surface area contributed by atoms with Crippen molar-refractivity contribution in [2.75, 3.05) is 20.2 Å². The highest BCUT2D eigenvalue weighted by molar-refractivity contribution is 5.98. The van der Waals surface area contributed by atoms with Crippen LogP contribution in [-0.2, 0) is 28.7 Å². The fraction of sp³-hybridized carbons (Fsp3) is 0.622. The number of fused-ring (bicyclic) bond motifs is 1. The van der Waals surface area contributed by atoms with Gasteiger partial charge in [-0.2, -0.15) is 0 Å². The highest BCUT2D eigenvalue weighted by Gasteiger charge is 2.75. The number of ether oxygens (including phenoxy) is 2. The fourth-order valence-electron chi connectivity index (χ4n) is 7.83. The van der Waals surface area contributed by atoms with Gasteiger partial charge in [-0.05, 0) is 57.9 Å². The first kappa shape index (κ1) is 36.3. The van der Waals surface area contributed by atoms with E-state index in [1.165, 1.54) is 4.90 Å². The van der Waals surface area contributed by atoms with E-state index in [0.717, 1.165) is 5.56 Å². The van der Waals surface area contributed by atoms with Crippen molar-refractivity contribution in [3.05, 3.63) is 61.2 Å². The molecule has 2 bridgehead atoms. The number of carbonyl (C=O) groups is 4. The molecule has 47 heavy (non-hydrogen) atoms. The Bertz CT molecular complexity index is 1320. The van der Waals surface area contributed by atoms with Gasteiger partial charge in [-0.15, -0.1) is 13.2 Å². The van der Waals surface area contributed by atoms with E-state index in [0.29, 0.717) is 25.7 Å². The summed E-state index contributed by atoms with van der Waals surface area (Å²) in [5, 5.41) is 10.6. The zero-order chi connectivity index (χ0) is 34.6. The highest BCUT2D eigenvalue weighted by Crippen LogP contribution is 2.59. The number of nitrogens with zero attached hydrogens (tertiary/aromatic N) is 3. The van der Waals surface area contributed by atoms with Gasteiger partial charge in [0.25, 0.3) is 0 Å². The number of allylic oxidation sites excluding steroid dienone is 1. The van der Waals surface area contributed by atoms with Crippen molar-refractivity contribution < 1.29 is 33.8 Å². The molecule has 0 aromatic heterocycles. The Labute approximate surface area is 279 Å². The Morgan fingerprint density at radius 3 is 2.38 bits per heavy atom. The molecule has 3 amide bonds. The average molecular weight is 652 g/mol. The first-order chi connectivity index (χ1) is 22.3. The molecule has 10 heteroatoms. The molecule has 1 N–H and O–H groups in total. The number of likely N-dealkylation sites (tertiary alicyclic amines) is 1. The molecule has 0 saturated carbocycles. The highest BCUT2D eigenvalue weighted by atomic mass is 16.6. The number of aliphatic hydroxyl groups excluding tert-OH is 1. The molecular weight excluding hydrogens is 598 g/mol. The van der Waals surface area contributed by atoms with E-state index in [1.54, 1.807) is 29.0 Å². The Kier molecular flexibility index (Phi) is 11.7. The summed E-state index contributed by atoms with van der Waals surface area (Å²) in [5.74, 6) is -3.08. The van der Waals surface area contributed by atoms with Crippen LogP contribution in [0.5, 0.6) is 0 Å². The SMILES string of the molecule is C=CCCC(=O)N(C)[C@H](C)[C@H](OC(=O)[C@@H]1[C@H]2C(=O)N([C@@H](CO)CC(C)C)[C@H](C(=O)N(CC=C)C(C)C)[C@]23CC[C@H]1O3)c1ccccc1. The Balaban J connectivity index is 1.73. The number of rotatable bonds is 16. The molecule has 0 radical (unpaired) electrons. The minimum atomic E-state index is -1.23. The molecule has 3 saturated heterocycles. The van der Waals surface area contributed by atoms with Gasteiger partial charge in [0.1, 0.15) is 17.7 Å².